The molecule has 27 heavy (non-hydrogen) atoms. The van der Waals surface area contributed by atoms with Crippen molar-refractivity contribution in [3.05, 3.63) is 53.6 Å². The molecule has 1 heterocycles. The lowest BCUT2D eigenvalue weighted by atomic mass is 10.0. The van der Waals surface area contributed by atoms with Crippen LogP contribution in [-0.2, 0) is 6.42 Å². The molecule has 1 unspecified atom stereocenters. The van der Waals surface area contributed by atoms with Crippen molar-refractivity contribution in [3.63, 3.8) is 0 Å². The summed E-state index contributed by atoms with van der Waals surface area (Å²) in [7, 11) is 3.31. The van der Waals surface area contributed by atoms with E-state index in [1.807, 2.05) is 36.4 Å². The normalized spacial score (nSPS) is 15.8. The van der Waals surface area contributed by atoms with Crippen molar-refractivity contribution >= 4 is 29.9 Å². The number of hydrogen-bond acceptors (Lipinski definition) is 4. The molecular formula is C20H26IN3O3. The molecule has 0 saturated heterocycles. The van der Waals surface area contributed by atoms with E-state index in [-0.39, 0.29) is 30.0 Å². The number of hydrogen-bond donors (Lipinski definition) is 2. The molecule has 0 saturated carbocycles. The van der Waals surface area contributed by atoms with Crippen molar-refractivity contribution in [2.45, 2.75) is 18.9 Å². The Bertz CT molecular complexity index is 783. The second-order valence-corrected chi connectivity index (χ2v) is 6.07. The minimum Gasteiger partial charge on any atom is -0.497 e. The first-order valence-electron chi connectivity index (χ1n) is 8.70. The number of guanidine groups is 1. The molecule has 146 valence electrons. The van der Waals surface area contributed by atoms with Crippen molar-refractivity contribution in [2.75, 3.05) is 27.4 Å². The summed E-state index contributed by atoms with van der Waals surface area (Å²) in [5.41, 5.74) is 8.25. The number of methoxy groups -OCH3 is 2. The van der Waals surface area contributed by atoms with Crippen LogP contribution in [0.5, 0.6) is 17.2 Å². The van der Waals surface area contributed by atoms with Crippen LogP contribution in [0.25, 0.3) is 0 Å². The molecule has 2 aromatic rings. The quantitative estimate of drug-likeness (QED) is 0.375. The van der Waals surface area contributed by atoms with E-state index in [0.29, 0.717) is 25.5 Å². The topological polar surface area (TPSA) is 78.1 Å². The van der Waals surface area contributed by atoms with Crippen LogP contribution in [0.1, 0.15) is 23.6 Å². The van der Waals surface area contributed by atoms with Gasteiger partial charge in [-0.2, -0.15) is 0 Å². The van der Waals surface area contributed by atoms with Gasteiger partial charge in [-0.3, -0.25) is 4.99 Å². The van der Waals surface area contributed by atoms with E-state index < -0.39 is 0 Å². The average Bonchev–Trinajstić information content (AvgIpc) is 2.68. The smallest absolute Gasteiger partial charge is 0.189 e. The number of nitrogens with zero attached hydrogens (tertiary/aromatic N) is 1. The molecule has 3 rings (SSSR count). The summed E-state index contributed by atoms with van der Waals surface area (Å²) in [4.78, 5) is 4.46. The number of nitrogens with one attached hydrogen (secondary N) is 1. The maximum atomic E-state index is 6.09. The van der Waals surface area contributed by atoms with Gasteiger partial charge in [-0.05, 0) is 36.2 Å². The first kappa shape index (κ1) is 21.1. The van der Waals surface area contributed by atoms with Gasteiger partial charge in [0.2, 0.25) is 0 Å². The Morgan fingerprint density at radius 1 is 1.22 bits per heavy atom. The Labute approximate surface area is 177 Å². The Hall–Kier alpha value is -2.16. The molecule has 1 aliphatic rings. The van der Waals surface area contributed by atoms with E-state index >= 15 is 0 Å². The first-order chi connectivity index (χ1) is 12.7. The summed E-state index contributed by atoms with van der Waals surface area (Å²) in [6, 6.07) is 13.9. The van der Waals surface area contributed by atoms with Gasteiger partial charge in [0.1, 0.15) is 17.2 Å². The third-order valence-corrected chi connectivity index (χ3v) is 4.43. The highest BCUT2D eigenvalue weighted by atomic mass is 127. The molecule has 0 fully saturated rings. The Morgan fingerprint density at radius 3 is 2.81 bits per heavy atom. The van der Waals surface area contributed by atoms with E-state index in [1.165, 1.54) is 0 Å². The van der Waals surface area contributed by atoms with Crippen molar-refractivity contribution in [1.29, 1.82) is 0 Å². The predicted molar refractivity (Wildman–Crippen MR) is 118 cm³/mol. The second kappa shape index (κ2) is 10.2. The van der Waals surface area contributed by atoms with Gasteiger partial charge >= 0.3 is 0 Å². The first-order valence-corrected chi connectivity index (χ1v) is 8.70. The van der Waals surface area contributed by atoms with Gasteiger partial charge in [-0.1, -0.05) is 18.2 Å². The Morgan fingerprint density at radius 2 is 2.04 bits per heavy atom. The SMILES string of the molecule is COc1ccc(OC)c(CCN=C(N)NC2CCOc3ccccc32)c1.I. The van der Waals surface area contributed by atoms with Crippen LogP contribution < -0.4 is 25.3 Å². The third kappa shape index (κ3) is 5.41. The molecule has 2 aromatic carbocycles. The summed E-state index contributed by atoms with van der Waals surface area (Å²) in [5.74, 6) is 2.97. The highest BCUT2D eigenvalue weighted by Crippen LogP contribution is 2.31. The van der Waals surface area contributed by atoms with Crippen molar-refractivity contribution in [3.8, 4) is 17.2 Å². The molecule has 7 heteroatoms. The summed E-state index contributed by atoms with van der Waals surface area (Å²) in [6.07, 6.45) is 1.57. The summed E-state index contributed by atoms with van der Waals surface area (Å²) >= 11 is 0. The zero-order chi connectivity index (χ0) is 18.4. The Kier molecular flexibility index (Phi) is 8.02. The third-order valence-electron chi connectivity index (χ3n) is 4.43. The molecule has 6 nitrogen and oxygen atoms in total. The van der Waals surface area contributed by atoms with Crippen LogP contribution in [0.4, 0.5) is 0 Å². The van der Waals surface area contributed by atoms with Crippen LogP contribution in [-0.4, -0.2) is 33.3 Å². The van der Waals surface area contributed by atoms with Gasteiger partial charge in [0.15, 0.2) is 5.96 Å². The van der Waals surface area contributed by atoms with E-state index in [9.17, 15) is 0 Å². The van der Waals surface area contributed by atoms with E-state index in [2.05, 4.69) is 16.4 Å². The number of aliphatic imine (C=N–C) groups is 1. The number of fused-ring (bicyclic) bond motifs is 1. The maximum absolute atomic E-state index is 6.09. The zero-order valence-corrected chi connectivity index (χ0v) is 17.9. The van der Waals surface area contributed by atoms with Gasteiger partial charge in [-0.25, -0.2) is 0 Å². The molecular weight excluding hydrogens is 457 g/mol. The monoisotopic (exact) mass is 483 g/mol. The van der Waals surface area contributed by atoms with Gasteiger partial charge in [0.25, 0.3) is 0 Å². The highest BCUT2D eigenvalue weighted by molar-refractivity contribution is 14.0. The van der Waals surface area contributed by atoms with Crippen LogP contribution >= 0.6 is 24.0 Å². The zero-order valence-electron chi connectivity index (χ0n) is 15.6. The molecule has 0 aliphatic carbocycles. The predicted octanol–water partition coefficient (Wildman–Crippen LogP) is 3.29. The van der Waals surface area contributed by atoms with Crippen LogP contribution in [0, 0.1) is 0 Å². The summed E-state index contributed by atoms with van der Waals surface area (Å²) < 4.78 is 16.3. The average molecular weight is 483 g/mol. The van der Waals surface area contributed by atoms with E-state index in [4.69, 9.17) is 19.9 Å². The van der Waals surface area contributed by atoms with E-state index in [1.54, 1.807) is 14.2 Å². The van der Waals surface area contributed by atoms with Crippen molar-refractivity contribution < 1.29 is 14.2 Å². The van der Waals surface area contributed by atoms with Crippen LogP contribution in [0.15, 0.2) is 47.5 Å². The fourth-order valence-corrected chi connectivity index (χ4v) is 3.09. The number of nitrogens with two attached hydrogens (primary N) is 1. The molecule has 0 spiro atoms. The largest absolute Gasteiger partial charge is 0.497 e. The van der Waals surface area contributed by atoms with Crippen molar-refractivity contribution in [1.82, 2.24) is 5.32 Å². The molecule has 0 bridgehead atoms. The number of rotatable bonds is 6. The van der Waals surface area contributed by atoms with Gasteiger partial charge in [0.05, 0.1) is 26.9 Å². The van der Waals surface area contributed by atoms with Gasteiger partial charge < -0.3 is 25.3 Å². The fourth-order valence-electron chi connectivity index (χ4n) is 3.09. The molecule has 0 amide bonds. The minimum absolute atomic E-state index is 0. The molecule has 0 aromatic heterocycles. The number of ether oxygens (including phenoxy) is 3. The molecule has 1 aliphatic heterocycles. The van der Waals surface area contributed by atoms with Gasteiger partial charge in [-0.15, -0.1) is 24.0 Å². The lowest BCUT2D eigenvalue weighted by Crippen LogP contribution is -2.37. The Balaban J connectivity index is 0.00000261. The second-order valence-electron chi connectivity index (χ2n) is 6.07. The van der Waals surface area contributed by atoms with Crippen LogP contribution in [0.2, 0.25) is 0 Å². The maximum Gasteiger partial charge on any atom is 0.189 e. The summed E-state index contributed by atoms with van der Waals surface area (Å²) in [5, 5.41) is 3.30. The van der Waals surface area contributed by atoms with E-state index in [0.717, 1.165) is 34.8 Å². The number of halogens is 1. The minimum atomic E-state index is 0. The lowest BCUT2D eigenvalue weighted by molar-refractivity contribution is 0.262. The van der Waals surface area contributed by atoms with Crippen LogP contribution in [0.3, 0.4) is 0 Å². The van der Waals surface area contributed by atoms with Gasteiger partial charge in [0, 0.05) is 18.5 Å². The summed E-state index contributed by atoms with van der Waals surface area (Å²) in [6.45, 7) is 1.23. The number of benzene rings is 2. The molecule has 1 atom stereocenters. The number of para-hydroxylation sites is 1. The lowest BCUT2D eigenvalue weighted by Gasteiger charge is -2.26. The molecule has 3 N–H and O–H groups in total. The highest BCUT2D eigenvalue weighted by Gasteiger charge is 2.21. The fraction of sp³-hybridized carbons (Fsp3) is 0.350. The molecule has 0 radical (unpaired) electrons. The van der Waals surface area contributed by atoms with Crippen molar-refractivity contribution in [2.24, 2.45) is 10.7 Å². The standard InChI is InChI=1S/C20H25N3O3.HI/c1-24-15-7-8-18(25-2)14(13-15)9-11-22-20(21)23-17-10-12-26-19-6-4-3-5-16(17)19;/h3-8,13,17H,9-12H2,1-2H3,(H3,21,22,23);1H.